The molecule has 0 spiro atoms. The molecule has 7 nitrogen and oxygen atoms in total. The van der Waals surface area contributed by atoms with Gasteiger partial charge in [-0.15, -0.1) is 10.2 Å². The zero-order chi connectivity index (χ0) is 14.1. The van der Waals surface area contributed by atoms with Crippen LogP contribution in [-0.2, 0) is 4.79 Å². The van der Waals surface area contributed by atoms with E-state index in [0.717, 1.165) is 5.56 Å². The van der Waals surface area contributed by atoms with Crippen molar-refractivity contribution in [3.8, 4) is 11.4 Å². The number of aromatic nitrogens is 5. The summed E-state index contributed by atoms with van der Waals surface area (Å²) >= 11 is 5.83. The summed E-state index contributed by atoms with van der Waals surface area (Å²) in [5.41, 5.74) is 1.58. The topological polar surface area (TPSA) is 96.5 Å². The average molecular weight is 289 g/mol. The van der Waals surface area contributed by atoms with Gasteiger partial charge in [-0.3, -0.25) is 10.1 Å². The van der Waals surface area contributed by atoms with Gasteiger partial charge in [0.05, 0.1) is 0 Å². The zero-order valence-corrected chi connectivity index (χ0v) is 11.1. The van der Waals surface area contributed by atoms with E-state index in [0.29, 0.717) is 28.1 Å². The predicted octanol–water partition coefficient (Wildman–Crippen LogP) is 2.03. The minimum absolute atomic E-state index is 0.227. The van der Waals surface area contributed by atoms with Crippen LogP contribution in [0.5, 0.6) is 0 Å². The van der Waals surface area contributed by atoms with Crippen LogP contribution in [0.4, 0.5) is 5.95 Å². The van der Waals surface area contributed by atoms with E-state index in [2.05, 4.69) is 30.5 Å². The molecule has 0 saturated carbocycles. The van der Waals surface area contributed by atoms with E-state index in [9.17, 15) is 4.79 Å². The number of fused-ring (bicyclic) bond motifs is 1. The third-order valence-corrected chi connectivity index (χ3v) is 2.77. The Morgan fingerprint density at radius 1 is 1.20 bits per heavy atom. The van der Waals surface area contributed by atoms with Crippen molar-refractivity contribution >= 4 is 34.8 Å². The van der Waals surface area contributed by atoms with Gasteiger partial charge in [0.25, 0.3) is 0 Å². The van der Waals surface area contributed by atoms with Gasteiger partial charge in [0.1, 0.15) is 0 Å². The van der Waals surface area contributed by atoms with Gasteiger partial charge < -0.3 is 4.98 Å². The van der Waals surface area contributed by atoms with Crippen LogP contribution < -0.4 is 5.32 Å². The summed E-state index contributed by atoms with van der Waals surface area (Å²) < 4.78 is 0. The van der Waals surface area contributed by atoms with E-state index in [1.165, 1.54) is 6.92 Å². The largest absolute Gasteiger partial charge is 0.306 e. The van der Waals surface area contributed by atoms with Gasteiger partial charge in [-0.2, -0.15) is 4.98 Å². The molecule has 3 rings (SSSR count). The van der Waals surface area contributed by atoms with Crippen molar-refractivity contribution < 1.29 is 4.79 Å². The lowest BCUT2D eigenvalue weighted by atomic mass is 10.2. The second-order valence-electron chi connectivity index (χ2n) is 4.08. The molecule has 8 heteroatoms. The van der Waals surface area contributed by atoms with Crippen molar-refractivity contribution in [2.75, 3.05) is 5.32 Å². The lowest BCUT2D eigenvalue weighted by Crippen LogP contribution is -2.06. The van der Waals surface area contributed by atoms with Crippen molar-refractivity contribution in [2.24, 2.45) is 0 Å². The maximum Gasteiger partial charge on any atom is 0.223 e. The molecular weight excluding hydrogens is 280 g/mol. The molecule has 0 aliphatic carbocycles. The van der Waals surface area contributed by atoms with Crippen LogP contribution in [0.25, 0.3) is 22.7 Å². The number of halogens is 1. The highest BCUT2D eigenvalue weighted by Crippen LogP contribution is 2.19. The number of imidazole rings is 1. The first kappa shape index (κ1) is 12.5. The van der Waals surface area contributed by atoms with Crippen molar-refractivity contribution in [3.05, 3.63) is 29.3 Å². The lowest BCUT2D eigenvalue weighted by molar-refractivity contribution is -0.114. The molecule has 0 aliphatic rings. The van der Waals surface area contributed by atoms with Gasteiger partial charge in [0.15, 0.2) is 5.82 Å². The van der Waals surface area contributed by atoms with Crippen LogP contribution in [0, 0.1) is 0 Å². The first-order valence-corrected chi connectivity index (χ1v) is 6.13. The normalized spacial score (nSPS) is 10.7. The number of carbonyl (C=O) groups excluding carboxylic acids is 1. The maximum absolute atomic E-state index is 11.0. The van der Waals surface area contributed by atoms with Crippen LogP contribution in [0.3, 0.4) is 0 Å². The number of nitrogens with zero attached hydrogens (tertiary/aromatic N) is 4. The third-order valence-electron chi connectivity index (χ3n) is 2.52. The number of H-pyrrole nitrogens is 1. The van der Waals surface area contributed by atoms with Crippen molar-refractivity contribution in [3.63, 3.8) is 0 Å². The molecule has 0 radical (unpaired) electrons. The van der Waals surface area contributed by atoms with Gasteiger partial charge >= 0.3 is 0 Å². The Hall–Kier alpha value is -2.54. The van der Waals surface area contributed by atoms with Gasteiger partial charge in [-0.05, 0) is 24.3 Å². The lowest BCUT2D eigenvalue weighted by Gasteiger charge is -1.98. The Labute approximate surface area is 118 Å². The number of carbonyl (C=O) groups is 1. The fraction of sp³-hybridized carbons (Fsp3) is 0.0833. The molecule has 0 fully saturated rings. The molecule has 2 N–H and O–H groups in total. The highest BCUT2D eigenvalue weighted by atomic mass is 35.5. The standard InChI is InChI=1S/C12H9ClN6O/c1-6(20)14-12-16-10-11(17-12)19-18-9(15-10)7-2-4-8(13)5-3-7/h2-5H,1H3,(H2,14,15,16,17,18,19,20). The van der Waals surface area contributed by atoms with Gasteiger partial charge in [-0.1, -0.05) is 11.6 Å². The molecule has 0 saturated heterocycles. The van der Waals surface area contributed by atoms with Gasteiger partial charge in [0.2, 0.25) is 23.1 Å². The quantitative estimate of drug-likeness (QED) is 0.752. The van der Waals surface area contributed by atoms with Gasteiger partial charge in [0, 0.05) is 17.5 Å². The fourth-order valence-electron chi connectivity index (χ4n) is 1.67. The summed E-state index contributed by atoms with van der Waals surface area (Å²) in [5, 5.41) is 11.2. The monoisotopic (exact) mass is 288 g/mol. The number of hydrogen-bond acceptors (Lipinski definition) is 5. The molecule has 2 heterocycles. The highest BCUT2D eigenvalue weighted by molar-refractivity contribution is 6.30. The molecule has 0 aliphatic heterocycles. The SMILES string of the molecule is CC(=O)Nc1nc2nc(-c3ccc(Cl)cc3)nnc2[nH]1. The minimum atomic E-state index is -0.227. The molecule has 1 aromatic carbocycles. The Morgan fingerprint density at radius 3 is 2.65 bits per heavy atom. The number of amides is 1. The number of aromatic amines is 1. The van der Waals surface area contributed by atoms with Crippen molar-refractivity contribution in [1.82, 2.24) is 25.1 Å². The van der Waals surface area contributed by atoms with E-state index >= 15 is 0 Å². The Morgan fingerprint density at radius 2 is 1.95 bits per heavy atom. The van der Waals surface area contributed by atoms with Crippen LogP contribution in [0.15, 0.2) is 24.3 Å². The van der Waals surface area contributed by atoms with E-state index in [1.807, 2.05) is 0 Å². The number of hydrogen-bond donors (Lipinski definition) is 2. The Kier molecular flexibility index (Phi) is 3.03. The third kappa shape index (κ3) is 2.43. The summed E-state index contributed by atoms with van der Waals surface area (Å²) in [6, 6.07) is 7.09. The second kappa shape index (κ2) is 4.86. The first-order valence-electron chi connectivity index (χ1n) is 5.76. The Balaban J connectivity index is 2.01. The number of nitrogens with one attached hydrogen (secondary N) is 2. The number of anilines is 1. The summed E-state index contributed by atoms with van der Waals surface area (Å²) in [5.74, 6) is 0.507. The number of rotatable bonds is 2. The molecule has 100 valence electrons. The molecule has 1 amide bonds. The van der Waals surface area contributed by atoms with Crippen LogP contribution >= 0.6 is 11.6 Å². The van der Waals surface area contributed by atoms with Crippen LogP contribution in [0.2, 0.25) is 5.02 Å². The first-order chi connectivity index (χ1) is 9.61. The van der Waals surface area contributed by atoms with E-state index in [-0.39, 0.29) is 5.91 Å². The number of benzene rings is 1. The molecule has 3 aromatic rings. The fourth-order valence-corrected chi connectivity index (χ4v) is 1.80. The highest BCUT2D eigenvalue weighted by Gasteiger charge is 2.09. The smallest absolute Gasteiger partial charge is 0.223 e. The summed E-state index contributed by atoms with van der Waals surface area (Å²) in [4.78, 5) is 22.2. The maximum atomic E-state index is 11.0. The van der Waals surface area contributed by atoms with E-state index in [1.54, 1.807) is 24.3 Å². The van der Waals surface area contributed by atoms with Gasteiger partial charge in [-0.25, -0.2) is 4.98 Å². The molecule has 20 heavy (non-hydrogen) atoms. The summed E-state index contributed by atoms with van der Waals surface area (Å²) in [6.07, 6.45) is 0. The molecule has 0 unspecified atom stereocenters. The van der Waals surface area contributed by atoms with Crippen LogP contribution in [0.1, 0.15) is 6.92 Å². The minimum Gasteiger partial charge on any atom is -0.306 e. The van der Waals surface area contributed by atoms with Crippen molar-refractivity contribution in [1.29, 1.82) is 0 Å². The average Bonchev–Trinajstić information content (AvgIpc) is 2.79. The molecule has 0 bridgehead atoms. The zero-order valence-electron chi connectivity index (χ0n) is 10.4. The summed E-state index contributed by atoms with van der Waals surface area (Å²) in [7, 11) is 0. The molecule has 0 atom stereocenters. The summed E-state index contributed by atoms with van der Waals surface area (Å²) in [6.45, 7) is 1.39. The second-order valence-corrected chi connectivity index (χ2v) is 4.52. The molecular formula is C12H9ClN6O. The van der Waals surface area contributed by atoms with Crippen molar-refractivity contribution in [2.45, 2.75) is 6.92 Å². The van der Waals surface area contributed by atoms with E-state index in [4.69, 9.17) is 11.6 Å². The predicted molar refractivity (Wildman–Crippen MR) is 74.2 cm³/mol. The van der Waals surface area contributed by atoms with Crippen LogP contribution in [-0.4, -0.2) is 31.1 Å². The molecule has 2 aromatic heterocycles. The van der Waals surface area contributed by atoms with E-state index < -0.39 is 0 Å². The Bertz CT molecular complexity index is 782.